The highest BCUT2D eigenvalue weighted by molar-refractivity contribution is 6.65. The lowest BCUT2D eigenvalue weighted by atomic mass is 9.79. The molecule has 1 aliphatic heterocycles. The van der Waals surface area contributed by atoms with Crippen molar-refractivity contribution in [3.63, 3.8) is 0 Å². The van der Waals surface area contributed by atoms with E-state index in [1.54, 1.807) is 6.33 Å². The van der Waals surface area contributed by atoms with Crippen molar-refractivity contribution in [2.24, 2.45) is 0 Å². The van der Waals surface area contributed by atoms with Gasteiger partial charge in [0.2, 0.25) is 0 Å². The molecule has 4 aromatic rings. The first-order chi connectivity index (χ1) is 14.2. The van der Waals surface area contributed by atoms with Crippen LogP contribution in [0, 0.1) is 13.5 Å². The van der Waals surface area contributed by atoms with Crippen LogP contribution in [0.5, 0.6) is 0 Å². The number of fused-ring (bicyclic) bond motifs is 2. The van der Waals surface area contributed by atoms with E-state index in [0.29, 0.717) is 5.69 Å². The average molecular weight is 399 g/mol. The van der Waals surface area contributed by atoms with Crippen LogP contribution in [-0.2, 0) is 9.31 Å². The van der Waals surface area contributed by atoms with Gasteiger partial charge >= 0.3 is 7.12 Å². The van der Waals surface area contributed by atoms with Gasteiger partial charge in [0.15, 0.2) is 11.3 Å². The molecular weight excluding hydrogens is 377 g/mol. The normalized spacial score (nSPS) is 17.7. The Hall–Kier alpha value is -3.15. The third kappa shape index (κ3) is 2.66. The number of aryl methyl sites for hydroxylation is 1. The molecule has 1 aromatic carbocycles. The van der Waals surface area contributed by atoms with Gasteiger partial charge < -0.3 is 13.9 Å². The fraction of sp³-hybridized carbons (Fsp3) is 0.318. The minimum absolute atomic E-state index is 0.445. The van der Waals surface area contributed by atoms with Gasteiger partial charge in [0.05, 0.1) is 29.0 Å². The molecule has 4 heterocycles. The SMILES string of the molecule is [C-]#[N+]c1cc2c(B3OC(C)(C)C(C)(C)O3)cn(-c3ccn4cnnc4c3)c2cc1C. The van der Waals surface area contributed by atoms with Gasteiger partial charge in [-0.25, -0.2) is 4.85 Å². The van der Waals surface area contributed by atoms with Crippen LogP contribution in [0.3, 0.4) is 0 Å². The van der Waals surface area contributed by atoms with Crippen molar-refractivity contribution in [1.82, 2.24) is 19.2 Å². The lowest BCUT2D eigenvalue weighted by Gasteiger charge is -2.32. The Morgan fingerprint density at radius 1 is 1.10 bits per heavy atom. The number of nitrogens with zero attached hydrogens (tertiary/aromatic N) is 5. The Kier molecular flexibility index (Phi) is 3.88. The van der Waals surface area contributed by atoms with Crippen molar-refractivity contribution in [2.75, 3.05) is 0 Å². The Labute approximate surface area is 175 Å². The largest absolute Gasteiger partial charge is 0.497 e. The van der Waals surface area contributed by atoms with E-state index in [1.807, 2.05) is 75.7 Å². The number of pyridine rings is 1. The fourth-order valence-corrected chi connectivity index (χ4v) is 3.84. The van der Waals surface area contributed by atoms with E-state index in [0.717, 1.165) is 33.3 Å². The lowest BCUT2D eigenvalue weighted by Crippen LogP contribution is -2.41. The molecule has 7 nitrogen and oxygen atoms in total. The minimum atomic E-state index is -0.517. The lowest BCUT2D eigenvalue weighted by molar-refractivity contribution is 0.00578. The predicted octanol–water partition coefficient (Wildman–Crippen LogP) is 3.83. The molecule has 1 aliphatic rings. The van der Waals surface area contributed by atoms with Crippen LogP contribution in [0.2, 0.25) is 0 Å². The van der Waals surface area contributed by atoms with Crippen LogP contribution in [-0.4, -0.2) is 37.5 Å². The molecule has 0 amide bonds. The van der Waals surface area contributed by atoms with Crippen molar-refractivity contribution in [3.8, 4) is 5.69 Å². The number of benzene rings is 1. The molecule has 0 radical (unpaired) electrons. The van der Waals surface area contributed by atoms with Crippen molar-refractivity contribution in [2.45, 2.75) is 45.8 Å². The Bertz CT molecular complexity index is 1330. The standard InChI is InChI=1S/C22H22BN5O2/c1-14-9-19-16(11-18(14)24-6)17(23-29-21(2,3)22(4,5)30-23)12-28(19)15-7-8-27-13-25-26-20(27)10-15/h7-13H,1-5H3. The molecule has 0 bridgehead atoms. The highest BCUT2D eigenvalue weighted by Crippen LogP contribution is 2.38. The smallest absolute Gasteiger partial charge is 0.399 e. The number of rotatable bonds is 2. The van der Waals surface area contributed by atoms with Crippen LogP contribution in [0.1, 0.15) is 33.3 Å². The number of hydrogen-bond acceptors (Lipinski definition) is 4. The molecule has 0 atom stereocenters. The van der Waals surface area contributed by atoms with Gasteiger partial charge in [-0.2, -0.15) is 0 Å². The summed E-state index contributed by atoms with van der Waals surface area (Å²) in [6, 6.07) is 7.98. The first kappa shape index (κ1) is 18.9. The van der Waals surface area contributed by atoms with E-state index >= 15 is 0 Å². The third-order valence-corrected chi connectivity index (χ3v) is 6.34. The van der Waals surface area contributed by atoms with Crippen molar-refractivity contribution < 1.29 is 9.31 Å². The molecule has 0 aliphatic carbocycles. The first-order valence-corrected chi connectivity index (χ1v) is 9.89. The van der Waals surface area contributed by atoms with Crippen molar-refractivity contribution in [1.29, 1.82) is 0 Å². The van der Waals surface area contributed by atoms with E-state index in [9.17, 15) is 0 Å². The Morgan fingerprint density at radius 3 is 2.53 bits per heavy atom. The molecule has 1 saturated heterocycles. The zero-order chi connectivity index (χ0) is 21.3. The monoisotopic (exact) mass is 399 g/mol. The molecule has 0 spiro atoms. The summed E-state index contributed by atoms with van der Waals surface area (Å²) < 4.78 is 16.6. The molecular formula is C22H22BN5O2. The highest BCUT2D eigenvalue weighted by Gasteiger charge is 2.52. The second-order valence-electron chi connectivity index (χ2n) is 8.79. The van der Waals surface area contributed by atoms with Crippen LogP contribution in [0.15, 0.2) is 43.0 Å². The zero-order valence-corrected chi connectivity index (χ0v) is 17.7. The van der Waals surface area contributed by atoms with Crippen molar-refractivity contribution in [3.05, 3.63) is 60.0 Å². The summed E-state index contributed by atoms with van der Waals surface area (Å²) in [4.78, 5) is 3.70. The average Bonchev–Trinajstić information content (AvgIpc) is 3.34. The second kappa shape index (κ2) is 6.18. The fourth-order valence-electron chi connectivity index (χ4n) is 3.84. The van der Waals surface area contributed by atoms with Gasteiger partial charge in [0.1, 0.15) is 6.33 Å². The van der Waals surface area contributed by atoms with Gasteiger partial charge in [-0.3, -0.25) is 4.40 Å². The molecule has 150 valence electrons. The Morgan fingerprint density at radius 2 is 1.83 bits per heavy atom. The van der Waals surface area contributed by atoms with Gasteiger partial charge in [-0.1, -0.05) is 0 Å². The summed E-state index contributed by atoms with van der Waals surface area (Å²) in [5, 5.41) is 9.08. The quantitative estimate of drug-likeness (QED) is 0.380. The molecule has 30 heavy (non-hydrogen) atoms. The minimum Gasteiger partial charge on any atom is -0.399 e. The highest BCUT2D eigenvalue weighted by atomic mass is 16.7. The molecule has 1 fully saturated rings. The van der Waals surface area contributed by atoms with E-state index < -0.39 is 18.3 Å². The first-order valence-electron chi connectivity index (χ1n) is 9.89. The maximum atomic E-state index is 7.55. The van der Waals surface area contributed by atoms with Crippen LogP contribution in [0.25, 0.3) is 27.1 Å². The molecule has 0 saturated carbocycles. The topological polar surface area (TPSA) is 57.9 Å². The van der Waals surface area contributed by atoms with Gasteiger partial charge in [-0.15, -0.1) is 10.2 Å². The van der Waals surface area contributed by atoms with E-state index in [1.165, 1.54) is 0 Å². The second-order valence-corrected chi connectivity index (χ2v) is 8.79. The van der Waals surface area contributed by atoms with E-state index in [2.05, 4.69) is 19.6 Å². The van der Waals surface area contributed by atoms with Gasteiger partial charge in [0, 0.05) is 23.9 Å². The Balaban J connectivity index is 1.74. The summed E-state index contributed by atoms with van der Waals surface area (Å²) >= 11 is 0. The molecule has 8 heteroatoms. The van der Waals surface area contributed by atoms with Crippen molar-refractivity contribution >= 4 is 34.8 Å². The summed E-state index contributed by atoms with van der Waals surface area (Å²) in [6.45, 7) is 17.7. The van der Waals surface area contributed by atoms with E-state index in [-0.39, 0.29) is 0 Å². The summed E-state index contributed by atoms with van der Waals surface area (Å²) in [5.74, 6) is 0. The van der Waals surface area contributed by atoms with Gasteiger partial charge in [-0.05, 0) is 63.8 Å². The van der Waals surface area contributed by atoms with E-state index in [4.69, 9.17) is 15.9 Å². The molecule has 5 rings (SSSR count). The zero-order valence-electron chi connectivity index (χ0n) is 17.7. The summed E-state index contributed by atoms with van der Waals surface area (Å²) in [6.07, 6.45) is 5.66. The maximum Gasteiger partial charge on any atom is 0.497 e. The van der Waals surface area contributed by atoms with Crippen LogP contribution < -0.4 is 5.46 Å². The third-order valence-electron chi connectivity index (χ3n) is 6.34. The number of hydrogen-bond donors (Lipinski definition) is 0. The summed E-state index contributed by atoms with van der Waals surface area (Å²) in [5.41, 5.74) is 4.30. The molecule has 0 unspecified atom stereocenters. The predicted molar refractivity (Wildman–Crippen MR) is 117 cm³/mol. The molecule has 3 aromatic heterocycles. The molecule has 0 N–H and O–H groups in total. The maximum absolute atomic E-state index is 7.55. The van der Waals surface area contributed by atoms with Crippen LogP contribution >= 0.6 is 0 Å². The van der Waals surface area contributed by atoms with Crippen LogP contribution in [0.4, 0.5) is 5.69 Å². The number of aromatic nitrogens is 4. The summed E-state index contributed by atoms with van der Waals surface area (Å²) in [7, 11) is -0.517. The van der Waals surface area contributed by atoms with Gasteiger partial charge in [0.25, 0.3) is 0 Å².